The van der Waals surface area contributed by atoms with Crippen LogP contribution in [0.15, 0.2) is 23.1 Å². The third-order valence-electron chi connectivity index (χ3n) is 3.32. The van der Waals surface area contributed by atoms with Gasteiger partial charge in [0, 0.05) is 13.1 Å². The molecule has 1 aliphatic heterocycles. The predicted octanol–water partition coefficient (Wildman–Crippen LogP) is 2.12. The Bertz CT molecular complexity index is 622. The first kappa shape index (κ1) is 14.0. The fourth-order valence-electron chi connectivity index (χ4n) is 2.26. The highest BCUT2D eigenvalue weighted by Crippen LogP contribution is 2.24. The van der Waals surface area contributed by atoms with E-state index in [2.05, 4.69) is 0 Å². The Balaban J connectivity index is 2.37. The summed E-state index contributed by atoms with van der Waals surface area (Å²) in [6.07, 6.45) is 1.84. The fourth-order valence-corrected chi connectivity index (χ4v) is 3.89. The van der Waals surface area contributed by atoms with Crippen molar-refractivity contribution in [3.8, 4) is 6.07 Å². The molecule has 1 unspecified atom stereocenters. The first-order chi connectivity index (χ1) is 8.95. The lowest BCUT2D eigenvalue weighted by Crippen LogP contribution is -2.39. The summed E-state index contributed by atoms with van der Waals surface area (Å²) in [5.74, 6) is -0.382. The van der Waals surface area contributed by atoms with Crippen LogP contribution in [-0.2, 0) is 10.0 Å². The number of nitriles is 1. The number of sulfonamides is 1. The maximum Gasteiger partial charge on any atom is 0.243 e. The van der Waals surface area contributed by atoms with Crippen LogP contribution in [0.3, 0.4) is 0 Å². The molecule has 1 aromatic carbocycles. The number of halogens is 1. The minimum Gasteiger partial charge on any atom is -0.207 e. The van der Waals surface area contributed by atoms with Gasteiger partial charge in [0.15, 0.2) is 0 Å². The van der Waals surface area contributed by atoms with Gasteiger partial charge in [-0.2, -0.15) is 9.57 Å². The van der Waals surface area contributed by atoms with E-state index < -0.39 is 15.8 Å². The lowest BCUT2D eigenvalue weighted by atomic mass is 10.0. The Morgan fingerprint density at radius 1 is 1.47 bits per heavy atom. The molecule has 6 heteroatoms. The Labute approximate surface area is 112 Å². The van der Waals surface area contributed by atoms with E-state index in [1.807, 2.05) is 6.92 Å². The van der Waals surface area contributed by atoms with Crippen molar-refractivity contribution < 1.29 is 12.8 Å². The number of hydrogen-bond acceptors (Lipinski definition) is 3. The fraction of sp³-hybridized carbons (Fsp3) is 0.462. The second-order valence-corrected chi connectivity index (χ2v) is 6.80. The summed E-state index contributed by atoms with van der Waals surface area (Å²) in [6, 6.07) is 5.00. The first-order valence-corrected chi connectivity index (χ1v) is 7.59. The quantitative estimate of drug-likeness (QED) is 0.834. The van der Waals surface area contributed by atoms with E-state index in [4.69, 9.17) is 5.26 Å². The van der Waals surface area contributed by atoms with Gasteiger partial charge in [-0.05, 0) is 37.0 Å². The molecule has 0 aliphatic carbocycles. The van der Waals surface area contributed by atoms with Crippen molar-refractivity contribution in [2.45, 2.75) is 24.7 Å². The van der Waals surface area contributed by atoms with E-state index in [0.717, 1.165) is 25.0 Å². The average molecular weight is 282 g/mol. The standard InChI is InChI=1S/C13H15FN2O2S/c1-10-3-2-6-16(9-10)19(17,18)12-4-5-13(14)11(7-12)8-15/h4-5,7,10H,2-3,6,9H2,1H3. The molecule has 0 amide bonds. The summed E-state index contributed by atoms with van der Waals surface area (Å²) in [6.45, 7) is 2.96. The van der Waals surface area contributed by atoms with E-state index in [1.165, 1.54) is 10.4 Å². The molecule has 1 saturated heterocycles. The van der Waals surface area contributed by atoms with Gasteiger partial charge in [0.05, 0.1) is 10.5 Å². The summed E-state index contributed by atoms with van der Waals surface area (Å²) in [5.41, 5.74) is -0.244. The van der Waals surface area contributed by atoms with E-state index in [0.29, 0.717) is 19.0 Å². The van der Waals surface area contributed by atoms with Crippen molar-refractivity contribution in [2.24, 2.45) is 5.92 Å². The third kappa shape index (κ3) is 2.77. The monoisotopic (exact) mass is 282 g/mol. The normalized spacial score (nSPS) is 21.0. The van der Waals surface area contributed by atoms with Gasteiger partial charge in [0.1, 0.15) is 11.9 Å². The van der Waals surface area contributed by atoms with Crippen LogP contribution >= 0.6 is 0 Å². The number of rotatable bonds is 2. The Morgan fingerprint density at radius 2 is 2.21 bits per heavy atom. The highest BCUT2D eigenvalue weighted by Gasteiger charge is 2.29. The van der Waals surface area contributed by atoms with Crippen molar-refractivity contribution >= 4 is 10.0 Å². The summed E-state index contributed by atoms with van der Waals surface area (Å²) in [5, 5.41) is 8.76. The second-order valence-electron chi connectivity index (χ2n) is 4.86. The highest BCUT2D eigenvalue weighted by atomic mass is 32.2. The zero-order valence-corrected chi connectivity index (χ0v) is 11.5. The van der Waals surface area contributed by atoms with Gasteiger partial charge < -0.3 is 0 Å². The Hall–Kier alpha value is -1.45. The first-order valence-electron chi connectivity index (χ1n) is 6.15. The number of piperidine rings is 1. The molecule has 0 radical (unpaired) electrons. The smallest absolute Gasteiger partial charge is 0.207 e. The maximum atomic E-state index is 13.2. The molecule has 0 saturated carbocycles. The molecule has 0 spiro atoms. The predicted molar refractivity (Wildman–Crippen MR) is 68.3 cm³/mol. The molecule has 102 valence electrons. The molecule has 1 heterocycles. The summed E-state index contributed by atoms with van der Waals surface area (Å²) < 4.78 is 39.5. The molecule has 1 atom stereocenters. The minimum atomic E-state index is -3.63. The van der Waals surface area contributed by atoms with Gasteiger partial charge in [-0.3, -0.25) is 0 Å². The van der Waals surface area contributed by atoms with E-state index in [1.54, 1.807) is 6.07 Å². The zero-order chi connectivity index (χ0) is 14.0. The molecule has 1 aromatic rings. The van der Waals surface area contributed by atoms with E-state index >= 15 is 0 Å². The number of nitrogens with zero attached hydrogens (tertiary/aromatic N) is 2. The summed E-state index contributed by atoms with van der Waals surface area (Å²) in [7, 11) is -3.63. The summed E-state index contributed by atoms with van der Waals surface area (Å²) >= 11 is 0. The molecule has 1 aliphatic rings. The maximum absolute atomic E-state index is 13.2. The molecule has 1 fully saturated rings. The van der Waals surface area contributed by atoms with E-state index in [9.17, 15) is 12.8 Å². The van der Waals surface area contributed by atoms with Crippen LogP contribution in [0.4, 0.5) is 4.39 Å². The van der Waals surface area contributed by atoms with Crippen LogP contribution < -0.4 is 0 Å². The second kappa shape index (κ2) is 5.27. The number of benzene rings is 1. The van der Waals surface area contributed by atoms with Gasteiger partial charge in [-0.1, -0.05) is 6.92 Å². The van der Waals surface area contributed by atoms with Gasteiger partial charge in [-0.15, -0.1) is 0 Å². The molecule has 4 nitrogen and oxygen atoms in total. The molecule has 0 N–H and O–H groups in total. The SMILES string of the molecule is CC1CCCN(S(=O)(=O)c2ccc(F)c(C#N)c2)C1. The van der Waals surface area contributed by atoms with Crippen molar-refractivity contribution in [1.82, 2.24) is 4.31 Å². The molecule has 0 bridgehead atoms. The Kier molecular flexibility index (Phi) is 3.88. The largest absolute Gasteiger partial charge is 0.243 e. The number of hydrogen-bond donors (Lipinski definition) is 0. The highest BCUT2D eigenvalue weighted by molar-refractivity contribution is 7.89. The zero-order valence-electron chi connectivity index (χ0n) is 10.6. The van der Waals surface area contributed by atoms with Crippen LogP contribution in [0.2, 0.25) is 0 Å². The van der Waals surface area contributed by atoms with Crippen LogP contribution in [-0.4, -0.2) is 25.8 Å². The lowest BCUT2D eigenvalue weighted by molar-refractivity contribution is 0.281. The Morgan fingerprint density at radius 3 is 2.84 bits per heavy atom. The van der Waals surface area contributed by atoms with E-state index in [-0.39, 0.29) is 10.5 Å². The van der Waals surface area contributed by atoms with Crippen LogP contribution in [0.25, 0.3) is 0 Å². The topological polar surface area (TPSA) is 61.2 Å². The van der Waals surface area contributed by atoms with Crippen molar-refractivity contribution in [3.63, 3.8) is 0 Å². The van der Waals surface area contributed by atoms with Gasteiger partial charge >= 0.3 is 0 Å². The van der Waals surface area contributed by atoms with Crippen molar-refractivity contribution in [2.75, 3.05) is 13.1 Å². The average Bonchev–Trinajstić information content (AvgIpc) is 2.39. The third-order valence-corrected chi connectivity index (χ3v) is 5.18. The van der Waals surface area contributed by atoms with Gasteiger partial charge in [-0.25, -0.2) is 12.8 Å². The minimum absolute atomic E-state index is 0.0143. The van der Waals surface area contributed by atoms with Crippen LogP contribution in [0, 0.1) is 23.1 Å². The summed E-state index contributed by atoms with van der Waals surface area (Å²) in [4.78, 5) is -0.0143. The van der Waals surface area contributed by atoms with Crippen LogP contribution in [0.5, 0.6) is 0 Å². The molecule has 19 heavy (non-hydrogen) atoms. The van der Waals surface area contributed by atoms with Gasteiger partial charge in [0.2, 0.25) is 10.0 Å². The molecule has 0 aromatic heterocycles. The van der Waals surface area contributed by atoms with Crippen molar-refractivity contribution in [3.05, 3.63) is 29.6 Å². The van der Waals surface area contributed by atoms with Crippen LogP contribution in [0.1, 0.15) is 25.3 Å². The van der Waals surface area contributed by atoms with Crippen molar-refractivity contribution in [1.29, 1.82) is 5.26 Å². The molecular formula is C13H15FN2O2S. The van der Waals surface area contributed by atoms with Gasteiger partial charge in [0.25, 0.3) is 0 Å². The molecule has 2 rings (SSSR count). The molecular weight excluding hydrogens is 267 g/mol. The lowest BCUT2D eigenvalue weighted by Gasteiger charge is -2.30.